The minimum Gasteiger partial charge on any atom is -0.361 e. The van der Waals surface area contributed by atoms with Crippen LogP contribution in [0.25, 0.3) is 0 Å². The number of carbonyl (C=O) groups excluding carboxylic acids is 1. The molecule has 12 heteroatoms. The third-order valence-electron chi connectivity index (χ3n) is 5.16. The quantitative estimate of drug-likeness (QED) is 0.237. The standard InChI is InChI=1S/C23H22Cl2F3N5O2/c24-16-5-4-14(6-7-29)15(9-16)11-30-20(34)10-17-18(25)12-31-22(21(17)26)32-13-23(27,28)19-3-1-2-8-33(19)35/h1-5,8-9,12H,6-7,10-11,13,29H2,(H2-,30,31,32,34,35)/p+1. The Bertz CT molecular complexity index is 1210. The minimum atomic E-state index is -3.56. The average molecular weight is 529 g/mol. The second-order valence-electron chi connectivity index (χ2n) is 7.64. The molecule has 0 atom stereocenters. The molecule has 0 unspecified atom stereocenters. The van der Waals surface area contributed by atoms with Crippen LogP contribution in [0.4, 0.5) is 19.0 Å². The SMILES string of the molecule is NCCc1ccc(Cl)cc1CNC(=O)Cc1c(Cl)cnc(NCC(F)(F)c2cccc[n+]2O)c1F. The van der Waals surface area contributed by atoms with Crippen molar-refractivity contribution in [3.05, 3.63) is 87.0 Å². The molecular formula is C23H23Cl2F3N5O2+. The average Bonchev–Trinajstić information content (AvgIpc) is 2.81. The van der Waals surface area contributed by atoms with Gasteiger partial charge in [0.05, 0.1) is 18.0 Å². The zero-order valence-electron chi connectivity index (χ0n) is 18.4. The Morgan fingerprint density at radius 1 is 1.20 bits per heavy atom. The van der Waals surface area contributed by atoms with Gasteiger partial charge in [-0.3, -0.25) is 10.0 Å². The van der Waals surface area contributed by atoms with Crippen molar-refractivity contribution in [3.8, 4) is 0 Å². The summed E-state index contributed by atoms with van der Waals surface area (Å²) in [6.45, 7) is -0.514. The van der Waals surface area contributed by atoms with Crippen molar-refractivity contribution >= 4 is 34.9 Å². The van der Waals surface area contributed by atoms with Gasteiger partial charge in [-0.25, -0.2) is 9.37 Å². The fourth-order valence-corrected chi connectivity index (χ4v) is 3.77. The Balaban J connectivity index is 1.69. The molecule has 0 spiro atoms. The van der Waals surface area contributed by atoms with Crippen molar-refractivity contribution in [1.29, 1.82) is 0 Å². The summed E-state index contributed by atoms with van der Waals surface area (Å²) in [7, 11) is 0. The number of amides is 1. The van der Waals surface area contributed by atoms with Crippen LogP contribution < -0.4 is 21.1 Å². The molecule has 2 aromatic heterocycles. The Morgan fingerprint density at radius 2 is 1.97 bits per heavy atom. The molecule has 186 valence electrons. The van der Waals surface area contributed by atoms with Gasteiger partial charge in [-0.05, 0) is 42.3 Å². The predicted octanol–water partition coefficient (Wildman–Crippen LogP) is 3.62. The normalized spacial score (nSPS) is 11.4. The highest BCUT2D eigenvalue weighted by molar-refractivity contribution is 6.31. The van der Waals surface area contributed by atoms with Crippen molar-refractivity contribution in [2.24, 2.45) is 5.73 Å². The summed E-state index contributed by atoms with van der Waals surface area (Å²) >= 11 is 12.1. The first-order valence-electron chi connectivity index (χ1n) is 10.5. The van der Waals surface area contributed by atoms with Crippen LogP contribution in [-0.2, 0) is 30.1 Å². The van der Waals surface area contributed by atoms with E-state index < -0.39 is 42.1 Å². The van der Waals surface area contributed by atoms with Crippen LogP contribution >= 0.6 is 23.2 Å². The van der Waals surface area contributed by atoms with Crippen LogP contribution in [0.15, 0.2) is 48.8 Å². The van der Waals surface area contributed by atoms with E-state index in [1.54, 1.807) is 12.1 Å². The number of benzene rings is 1. The molecule has 0 radical (unpaired) electrons. The van der Waals surface area contributed by atoms with Crippen molar-refractivity contribution in [1.82, 2.24) is 10.3 Å². The fraction of sp³-hybridized carbons (Fsp3) is 0.261. The Morgan fingerprint density at radius 3 is 2.69 bits per heavy atom. The van der Waals surface area contributed by atoms with Crippen molar-refractivity contribution in [2.45, 2.75) is 25.3 Å². The molecule has 0 fully saturated rings. The van der Waals surface area contributed by atoms with Gasteiger partial charge in [-0.15, -0.1) is 0 Å². The van der Waals surface area contributed by atoms with Gasteiger partial charge in [0, 0.05) is 40.2 Å². The van der Waals surface area contributed by atoms with E-state index in [1.807, 2.05) is 6.07 Å². The summed E-state index contributed by atoms with van der Waals surface area (Å²) in [4.78, 5) is 16.2. The highest BCUT2D eigenvalue weighted by Gasteiger charge is 2.41. The van der Waals surface area contributed by atoms with E-state index in [2.05, 4.69) is 15.6 Å². The van der Waals surface area contributed by atoms with E-state index in [1.165, 1.54) is 12.1 Å². The van der Waals surface area contributed by atoms with E-state index in [4.69, 9.17) is 28.9 Å². The molecule has 0 saturated heterocycles. The number of hydrogen-bond acceptors (Lipinski definition) is 5. The molecule has 5 N–H and O–H groups in total. The molecule has 1 aromatic carbocycles. The maximum absolute atomic E-state index is 15.0. The molecule has 1 amide bonds. The number of halogens is 5. The van der Waals surface area contributed by atoms with E-state index in [0.29, 0.717) is 18.0 Å². The molecule has 7 nitrogen and oxygen atoms in total. The molecule has 2 heterocycles. The molecule has 0 aliphatic heterocycles. The second kappa shape index (κ2) is 11.6. The lowest BCUT2D eigenvalue weighted by molar-refractivity contribution is -0.913. The lowest BCUT2D eigenvalue weighted by Gasteiger charge is -2.16. The smallest absolute Gasteiger partial charge is 0.351 e. The van der Waals surface area contributed by atoms with Gasteiger partial charge < -0.3 is 16.4 Å². The molecule has 0 aliphatic carbocycles. The number of nitrogens with zero attached hydrogens (tertiary/aromatic N) is 2. The first-order chi connectivity index (χ1) is 16.6. The number of carbonyl (C=O) groups is 1. The first kappa shape index (κ1) is 26.5. The first-order valence-corrected chi connectivity index (χ1v) is 11.3. The van der Waals surface area contributed by atoms with Crippen LogP contribution in [0.1, 0.15) is 22.4 Å². The van der Waals surface area contributed by atoms with E-state index >= 15 is 4.39 Å². The molecule has 3 aromatic rings. The number of nitrogens with one attached hydrogen (secondary N) is 2. The van der Waals surface area contributed by atoms with Gasteiger partial charge in [0.1, 0.15) is 0 Å². The van der Waals surface area contributed by atoms with Gasteiger partial charge in [0.2, 0.25) is 12.1 Å². The van der Waals surface area contributed by atoms with Crippen LogP contribution in [0.2, 0.25) is 10.0 Å². The number of anilines is 1. The number of hydrogen-bond donors (Lipinski definition) is 4. The number of nitrogens with two attached hydrogens (primary N) is 1. The Labute approximate surface area is 209 Å². The van der Waals surface area contributed by atoms with Crippen LogP contribution in [0, 0.1) is 5.82 Å². The van der Waals surface area contributed by atoms with Crippen LogP contribution in [0.3, 0.4) is 0 Å². The van der Waals surface area contributed by atoms with Crippen LogP contribution in [0.5, 0.6) is 0 Å². The Hall–Kier alpha value is -3.08. The summed E-state index contributed by atoms with van der Waals surface area (Å²) in [5.41, 5.74) is 6.40. The fourth-order valence-electron chi connectivity index (χ4n) is 3.37. The molecule has 0 aliphatic rings. The van der Waals surface area contributed by atoms with Gasteiger partial charge in [-0.2, -0.15) is 8.78 Å². The third-order valence-corrected chi connectivity index (χ3v) is 5.72. The third kappa shape index (κ3) is 6.74. The van der Waals surface area contributed by atoms with E-state index in [9.17, 15) is 18.8 Å². The molecule has 35 heavy (non-hydrogen) atoms. The van der Waals surface area contributed by atoms with E-state index in [-0.39, 0.29) is 21.9 Å². The van der Waals surface area contributed by atoms with Gasteiger partial charge >= 0.3 is 11.6 Å². The van der Waals surface area contributed by atoms with Crippen molar-refractivity contribution < 1.29 is 27.9 Å². The molecule has 0 bridgehead atoms. The monoisotopic (exact) mass is 528 g/mol. The summed E-state index contributed by atoms with van der Waals surface area (Å²) in [6, 6.07) is 8.98. The number of aromatic nitrogens is 2. The van der Waals surface area contributed by atoms with E-state index in [0.717, 1.165) is 29.6 Å². The number of rotatable bonds is 10. The maximum Gasteiger partial charge on any atom is 0.351 e. The highest BCUT2D eigenvalue weighted by atomic mass is 35.5. The van der Waals surface area contributed by atoms with Crippen molar-refractivity contribution in [2.75, 3.05) is 18.4 Å². The summed E-state index contributed by atoms with van der Waals surface area (Å²) in [5.74, 6) is -5.63. The van der Waals surface area contributed by atoms with Crippen molar-refractivity contribution in [3.63, 3.8) is 0 Å². The second-order valence-corrected chi connectivity index (χ2v) is 8.48. The topological polar surface area (TPSA) is 104 Å². The van der Waals surface area contributed by atoms with Gasteiger partial charge in [0.25, 0.3) is 0 Å². The zero-order valence-corrected chi connectivity index (χ0v) is 19.9. The number of pyridine rings is 2. The molecular weight excluding hydrogens is 506 g/mol. The summed E-state index contributed by atoms with van der Waals surface area (Å²) in [6.07, 6.45) is 2.26. The maximum atomic E-state index is 15.0. The van der Waals surface area contributed by atoms with Gasteiger partial charge in [-0.1, -0.05) is 29.3 Å². The summed E-state index contributed by atoms with van der Waals surface area (Å²) in [5, 5.41) is 14.9. The predicted molar refractivity (Wildman–Crippen MR) is 125 cm³/mol. The molecule has 3 rings (SSSR count). The summed E-state index contributed by atoms with van der Waals surface area (Å²) < 4.78 is 44.3. The van der Waals surface area contributed by atoms with Gasteiger partial charge in [0.15, 0.2) is 11.6 Å². The number of alkyl halides is 2. The molecule has 0 saturated carbocycles. The van der Waals surface area contributed by atoms with Crippen LogP contribution in [-0.4, -0.2) is 29.2 Å². The lowest BCUT2D eigenvalue weighted by atomic mass is 10.0. The largest absolute Gasteiger partial charge is 0.361 e. The zero-order chi connectivity index (χ0) is 25.6. The minimum absolute atomic E-state index is 0.127. The highest BCUT2D eigenvalue weighted by Crippen LogP contribution is 2.28. The Kier molecular flexibility index (Phi) is 8.76. The lowest BCUT2D eigenvalue weighted by Crippen LogP contribution is -2.43.